The van der Waals surface area contributed by atoms with Crippen LogP contribution < -0.4 is 10.9 Å². The summed E-state index contributed by atoms with van der Waals surface area (Å²) in [5.41, 5.74) is -0.0365. The van der Waals surface area contributed by atoms with Crippen molar-refractivity contribution in [1.29, 1.82) is 0 Å². The Morgan fingerprint density at radius 2 is 2.16 bits per heavy atom. The molecule has 1 heterocycles. The number of hydrogen-bond acceptors (Lipinski definition) is 4. The highest BCUT2D eigenvalue weighted by Gasteiger charge is 2.18. The highest BCUT2D eigenvalue weighted by atomic mass is 35.5. The number of nitrogens with one attached hydrogen (secondary N) is 1. The molecule has 0 aliphatic carbocycles. The SMILES string of the molecule is CCCn1ncc(NCC(C)(C)OCC)c(Cl)c1=O. The van der Waals surface area contributed by atoms with Gasteiger partial charge in [0.05, 0.1) is 17.5 Å². The van der Waals surface area contributed by atoms with Crippen LogP contribution in [0, 0.1) is 0 Å². The van der Waals surface area contributed by atoms with E-state index in [0.29, 0.717) is 25.4 Å². The zero-order valence-electron chi connectivity index (χ0n) is 12.0. The number of halogens is 1. The standard InChI is InChI=1S/C13H22ClN3O2/c1-5-7-17-12(18)11(14)10(8-16-17)15-9-13(3,4)19-6-2/h8,15H,5-7,9H2,1-4H3. The van der Waals surface area contributed by atoms with E-state index < -0.39 is 0 Å². The first-order valence-corrected chi connectivity index (χ1v) is 6.92. The van der Waals surface area contributed by atoms with E-state index >= 15 is 0 Å². The van der Waals surface area contributed by atoms with E-state index in [9.17, 15) is 4.79 Å². The Labute approximate surface area is 118 Å². The number of hydrogen-bond donors (Lipinski definition) is 1. The summed E-state index contributed by atoms with van der Waals surface area (Å²) in [6.45, 7) is 9.65. The molecule has 19 heavy (non-hydrogen) atoms. The maximum Gasteiger partial charge on any atom is 0.287 e. The van der Waals surface area contributed by atoms with Gasteiger partial charge in [0.15, 0.2) is 0 Å². The van der Waals surface area contributed by atoms with E-state index in [2.05, 4.69) is 10.4 Å². The van der Waals surface area contributed by atoms with Crippen LogP contribution in [0.25, 0.3) is 0 Å². The lowest BCUT2D eigenvalue weighted by molar-refractivity contribution is 0.000692. The van der Waals surface area contributed by atoms with Crippen LogP contribution in [0.4, 0.5) is 5.69 Å². The van der Waals surface area contributed by atoms with E-state index in [-0.39, 0.29) is 16.2 Å². The molecule has 0 atom stereocenters. The first kappa shape index (κ1) is 16.0. The zero-order chi connectivity index (χ0) is 14.5. The van der Waals surface area contributed by atoms with Crippen LogP contribution in [0.1, 0.15) is 34.1 Å². The molecule has 0 saturated heterocycles. The molecule has 5 nitrogen and oxygen atoms in total. The molecule has 0 fully saturated rings. The second kappa shape index (κ2) is 6.91. The molecule has 1 rings (SSSR count). The number of rotatable bonds is 7. The number of anilines is 1. The van der Waals surface area contributed by atoms with Crippen molar-refractivity contribution in [3.63, 3.8) is 0 Å². The average Bonchev–Trinajstić information content (AvgIpc) is 2.34. The number of aromatic nitrogens is 2. The maximum absolute atomic E-state index is 11.9. The Morgan fingerprint density at radius 1 is 1.47 bits per heavy atom. The third-order valence-electron chi connectivity index (χ3n) is 2.66. The molecule has 0 radical (unpaired) electrons. The molecule has 1 N–H and O–H groups in total. The lowest BCUT2D eigenvalue weighted by atomic mass is 10.1. The molecule has 0 unspecified atom stereocenters. The van der Waals surface area contributed by atoms with Crippen LogP contribution in [0.3, 0.4) is 0 Å². The highest BCUT2D eigenvalue weighted by molar-refractivity contribution is 6.32. The van der Waals surface area contributed by atoms with Gasteiger partial charge in [-0.05, 0) is 27.2 Å². The number of ether oxygens (including phenoxy) is 1. The second-order valence-electron chi connectivity index (χ2n) is 4.95. The van der Waals surface area contributed by atoms with Gasteiger partial charge in [-0.15, -0.1) is 0 Å². The van der Waals surface area contributed by atoms with E-state index in [1.165, 1.54) is 4.68 Å². The Hall–Kier alpha value is -1.07. The van der Waals surface area contributed by atoms with Crippen LogP contribution >= 0.6 is 11.6 Å². The largest absolute Gasteiger partial charge is 0.379 e. The number of aryl methyl sites for hydroxylation is 1. The van der Waals surface area contributed by atoms with Crippen molar-refractivity contribution >= 4 is 17.3 Å². The molecule has 1 aromatic heterocycles. The summed E-state index contributed by atoms with van der Waals surface area (Å²) in [5.74, 6) is 0. The van der Waals surface area contributed by atoms with Crippen LogP contribution in [0.5, 0.6) is 0 Å². The summed E-state index contributed by atoms with van der Waals surface area (Å²) < 4.78 is 6.95. The van der Waals surface area contributed by atoms with E-state index in [1.807, 2.05) is 27.7 Å². The first-order chi connectivity index (χ1) is 8.91. The van der Waals surface area contributed by atoms with E-state index in [4.69, 9.17) is 16.3 Å². The third-order valence-corrected chi connectivity index (χ3v) is 3.03. The van der Waals surface area contributed by atoms with Crippen molar-refractivity contribution in [2.75, 3.05) is 18.5 Å². The van der Waals surface area contributed by atoms with Crippen molar-refractivity contribution in [3.05, 3.63) is 21.6 Å². The van der Waals surface area contributed by atoms with Gasteiger partial charge in [-0.2, -0.15) is 5.10 Å². The van der Waals surface area contributed by atoms with Gasteiger partial charge >= 0.3 is 0 Å². The molecule has 108 valence electrons. The first-order valence-electron chi connectivity index (χ1n) is 6.54. The van der Waals surface area contributed by atoms with Gasteiger partial charge < -0.3 is 10.1 Å². The van der Waals surface area contributed by atoms with Crippen LogP contribution in [-0.2, 0) is 11.3 Å². The van der Waals surface area contributed by atoms with Gasteiger partial charge in [0.2, 0.25) is 0 Å². The van der Waals surface area contributed by atoms with Crippen molar-refractivity contribution < 1.29 is 4.74 Å². The Balaban J connectivity index is 2.81. The molecule has 1 aromatic rings. The molecule has 0 bridgehead atoms. The van der Waals surface area contributed by atoms with Crippen LogP contribution in [0.15, 0.2) is 11.0 Å². The molecule has 6 heteroatoms. The van der Waals surface area contributed by atoms with Crippen molar-refractivity contribution in [2.24, 2.45) is 0 Å². The fraction of sp³-hybridized carbons (Fsp3) is 0.692. The highest BCUT2D eigenvalue weighted by Crippen LogP contribution is 2.17. The third kappa shape index (κ3) is 4.51. The molecular formula is C13H22ClN3O2. The predicted octanol–water partition coefficient (Wildman–Crippen LogP) is 2.53. The minimum absolute atomic E-state index is 0.177. The fourth-order valence-corrected chi connectivity index (χ4v) is 1.92. The Morgan fingerprint density at radius 3 is 2.74 bits per heavy atom. The molecule has 0 aliphatic heterocycles. The minimum Gasteiger partial charge on any atom is -0.379 e. The van der Waals surface area contributed by atoms with Gasteiger partial charge in [0.25, 0.3) is 5.56 Å². The van der Waals surface area contributed by atoms with Crippen LogP contribution in [-0.4, -0.2) is 28.5 Å². The molecule has 0 saturated carbocycles. The second-order valence-corrected chi connectivity index (χ2v) is 5.32. The summed E-state index contributed by atoms with van der Waals surface area (Å²) in [4.78, 5) is 11.9. The fourth-order valence-electron chi connectivity index (χ4n) is 1.71. The Bertz CT molecular complexity index is 471. The molecule has 0 aliphatic rings. The monoisotopic (exact) mass is 287 g/mol. The molecule has 0 amide bonds. The average molecular weight is 288 g/mol. The topological polar surface area (TPSA) is 56.1 Å². The maximum atomic E-state index is 11.9. The Kier molecular flexibility index (Phi) is 5.82. The van der Waals surface area contributed by atoms with Crippen molar-refractivity contribution in [3.8, 4) is 0 Å². The molecule has 0 aromatic carbocycles. The predicted molar refractivity (Wildman–Crippen MR) is 78.0 cm³/mol. The summed E-state index contributed by atoms with van der Waals surface area (Å²) >= 11 is 6.06. The summed E-state index contributed by atoms with van der Waals surface area (Å²) in [6, 6.07) is 0. The number of nitrogens with zero attached hydrogens (tertiary/aromatic N) is 2. The normalized spacial score (nSPS) is 11.6. The summed E-state index contributed by atoms with van der Waals surface area (Å²) in [5, 5.41) is 7.38. The van der Waals surface area contributed by atoms with Gasteiger partial charge in [0, 0.05) is 19.7 Å². The lowest BCUT2D eigenvalue weighted by Crippen LogP contribution is -2.34. The van der Waals surface area contributed by atoms with E-state index in [1.54, 1.807) is 6.20 Å². The van der Waals surface area contributed by atoms with Crippen molar-refractivity contribution in [2.45, 2.75) is 46.3 Å². The van der Waals surface area contributed by atoms with Gasteiger partial charge in [-0.1, -0.05) is 18.5 Å². The lowest BCUT2D eigenvalue weighted by Gasteiger charge is -2.25. The summed E-state index contributed by atoms with van der Waals surface area (Å²) in [7, 11) is 0. The van der Waals surface area contributed by atoms with Crippen molar-refractivity contribution in [1.82, 2.24) is 9.78 Å². The quantitative estimate of drug-likeness (QED) is 0.837. The van der Waals surface area contributed by atoms with E-state index in [0.717, 1.165) is 6.42 Å². The zero-order valence-corrected chi connectivity index (χ0v) is 12.8. The van der Waals surface area contributed by atoms with Gasteiger partial charge in [-0.25, -0.2) is 4.68 Å². The van der Waals surface area contributed by atoms with Crippen LogP contribution in [0.2, 0.25) is 5.02 Å². The summed E-state index contributed by atoms with van der Waals surface area (Å²) in [6.07, 6.45) is 2.43. The minimum atomic E-state index is -0.323. The smallest absolute Gasteiger partial charge is 0.287 e. The molecular weight excluding hydrogens is 266 g/mol. The van der Waals surface area contributed by atoms with Gasteiger partial charge in [-0.3, -0.25) is 4.79 Å². The van der Waals surface area contributed by atoms with Gasteiger partial charge in [0.1, 0.15) is 5.02 Å². The molecule has 0 spiro atoms.